The number of hydrogen-bond donors (Lipinski definition) is 2. The molecular weight excluding hydrogens is 450 g/mol. The van der Waals surface area contributed by atoms with Crippen LogP contribution >= 0.6 is 11.6 Å². The zero-order valence-corrected chi connectivity index (χ0v) is 19.7. The first-order valence-electron chi connectivity index (χ1n) is 9.88. The molecule has 0 aliphatic carbocycles. The number of nitrogens with one attached hydrogen (secondary N) is 1. The standard InChI is InChI=1S/C24H24ClNO5S/c1-14(2)20-13-21(26-24(28)16-5-7-17(25)8-6-16)15(3)23(22(20)27)32(29,30)19-11-9-18(31-4)10-12-19/h5-14,27H,1-4H3,(H,26,28). The number of hydrogen-bond acceptors (Lipinski definition) is 5. The lowest BCUT2D eigenvalue weighted by atomic mass is 9.99. The molecule has 3 aromatic carbocycles. The average molecular weight is 474 g/mol. The van der Waals surface area contributed by atoms with Crippen molar-refractivity contribution >= 4 is 33.0 Å². The molecule has 0 saturated carbocycles. The molecule has 3 aromatic rings. The van der Waals surface area contributed by atoms with Crippen LogP contribution < -0.4 is 10.1 Å². The van der Waals surface area contributed by atoms with Crippen LogP contribution in [0, 0.1) is 6.92 Å². The van der Waals surface area contributed by atoms with Crippen molar-refractivity contribution in [3.63, 3.8) is 0 Å². The van der Waals surface area contributed by atoms with Gasteiger partial charge in [0, 0.05) is 16.3 Å². The highest BCUT2D eigenvalue weighted by Crippen LogP contribution is 2.41. The molecule has 0 spiro atoms. The Morgan fingerprint density at radius 2 is 1.66 bits per heavy atom. The van der Waals surface area contributed by atoms with Gasteiger partial charge in [-0.25, -0.2) is 8.42 Å². The van der Waals surface area contributed by atoms with Crippen LogP contribution in [0.25, 0.3) is 0 Å². The molecule has 0 heterocycles. The Kier molecular flexibility index (Phi) is 6.81. The van der Waals surface area contributed by atoms with Gasteiger partial charge >= 0.3 is 0 Å². The number of anilines is 1. The minimum absolute atomic E-state index is 0.00702. The fourth-order valence-electron chi connectivity index (χ4n) is 3.33. The number of benzene rings is 3. The summed E-state index contributed by atoms with van der Waals surface area (Å²) in [4.78, 5) is 12.5. The number of sulfone groups is 1. The van der Waals surface area contributed by atoms with E-state index in [2.05, 4.69) is 5.32 Å². The van der Waals surface area contributed by atoms with Gasteiger partial charge in [-0.15, -0.1) is 0 Å². The van der Waals surface area contributed by atoms with E-state index in [0.29, 0.717) is 27.6 Å². The topological polar surface area (TPSA) is 92.7 Å². The Labute approximate surface area is 192 Å². The SMILES string of the molecule is COc1ccc(S(=O)(=O)c2c(C)c(NC(=O)c3ccc(Cl)cc3)cc(C(C)C)c2O)cc1. The molecule has 6 nitrogen and oxygen atoms in total. The van der Waals surface area contributed by atoms with Gasteiger partial charge in [-0.05, 0) is 78.6 Å². The van der Waals surface area contributed by atoms with E-state index in [9.17, 15) is 18.3 Å². The Balaban J connectivity index is 2.14. The number of ether oxygens (including phenoxy) is 1. The third kappa shape index (κ3) is 4.59. The predicted molar refractivity (Wildman–Crippen MR) is 125 cm³/mol. The normalized spacial score (nSPS) is 11.4. The zero-order valence-electron chi connectivity index (χ0n) is 18.1. The number of phenolic OH excluding ortho intramolecular Hbond substituents is 1. The molecule has 2 N–H and O–H groups in total. The van der Waals surface area contributed by atoms with Crippen molar-refractivity contribution < 1.29 is 23.1 Å². The van der Waals surface area contributed by atoms with Crippen LogP contribution in [-0.4, -0.2) is 26.5 Å². The van der Waals surface area contributed by atoms with E-state index in [0.717, 1.165) is 0 Å². The maximum Gasteiger partial charge on any atom is 0.255 e. The van der Waals surface area contributed by atoms with Gasteiger partial charge in [0.15, 0.2) is 0 Å². The van der Waals surface area contributed by atoms with Crippen LogP contribution in [0.4, 0.5) is 5.69 Å². The van der Waals surface area contributed by atoms with Gasteiger partial charge < -0.3 is 15.2 Å². The highest BCUT2D eigenvalue weighted by molar-refractivity contribution is 7.91. The quantitative estimate of drug-likeness (QED) is 0.456. The van der Waals surface area contributed by atoms with Crippen LogP contribution in [0.1, 0.15) is 41.3 Å². The van der Waals surface area contributed by atoms with Crippen molar-refractivity contribution in [3.05, 3.63) is 76.3 Å². The number of methoxy groups -OCH3 is 1. The van der Waals surface area contributed by atoms with Gasteiger partial charge in [0.25, 0.3) is 5.91 Å². The third-order valence-electron chi connectivity index (χ3n) is 5.15. The molecule has 0 bridgehead atoms. The molecule has 0 fully saturated rings. The van der Waals surface area contributed by atoms with E-state index in [1.54, 1.807) is 37.3 Å². The van der Waals surface area contributed by atoms with Crippen molar-refractivity contribution in [2.45, 2.75) is 36.5 Å². The van der Waals surface area contributed by atoms with E-state index in [1.807, 2.05) is 13.8 Å². The highest BCUT2D eigenvalue weighted by atomic mass is 35.5. The summed E-state index contributed by atoms with van der Waals surface area (Å²) in [5.41, 5.74) is 1.32. The van der Waals surface area contributed by atoms with Crippen LogP contribution in [0.15, 0.2) is 64.4 Å². The molecule has 0 atom stereocenters. The van der Waals surface area contributed by atoms with Crippen molar-refractivity contribution in [2.24, 2.45) is 0 Å². The lowest BCUT2D eigenvalue weighted by Crippen LogP contribution is -2.15. The molecule has 8 heteroatoms. The van der Waals surface area contributed by atoms with Gasteiger partial charge in [-0.1, -0.05) is 25.4 Å². The monoisotopic (exact) mass is 473 g/mol. The molecular formula is C24H24ClNO5S. The number of carbonyl (C=O) groups is 1. The molecule has 0 aliphatic rings. The first-order chi connectivity index (χ1) is 15.1. The molecule has 168 valence electrons. The Hall–Kier alpha value is -3.03. The second-order valence-corrected chi connectivity index (χ2v) is 9.93. The molecule has 0 unspecified atom stereocenters. The summed E-state index contributed by atoms with van der Waals surface area (Å²) in [5.74, 6) is -0.417. The second-order valence-electron chi connectivity index (χ2n) is 7.61. The average Bonchev–Trinajstić information content (AvgIpc) is 2.75. The first-order valence-corrected chi connectivity index (χ1v) is 11.7. The Bertz CT molecular complexity index is 1250. The van der Waals surface area contributed by atoms with Crippen molar-refractivity contribution in [3.8, 4) is 11.5 Å². The Morgan fingerprint density at radius 3 is 2.19 bits per heavy atom. The summed E-state index contributed by atoms with van der Waals surface area (Å²) in [5, 5.41) is 14.2. The number of rotatable bonds is 6. The van der Waals surface area contributed by atoms with Crippen LogP contribution in [0.2, 0.25) is 5.02 Å². The van der Waals surface area contributed by atoms with Gasteiger partial charge in [0.2, 0.25) is 9.84 Å². The van der Waals surface area contributed by atoms with Gasteiger partial charge in [0.05, 0.1) is 12.0 Å². The van der Waals surface area contributed by atoms with Gasteiger partial charge in [-0.2, -0.15) is 0 Å². The highest BCUT2D eigenvalue weighted by Gasteiger charge is 2.29. The molecule has 0 aliphatic heterocycles. The van der Waals surface area contributed by atoms with E-state index >= 15 is 0 Å². The van der Waals surface area contributed by atoms with E-state index in [1.165, 1.54) is 31.4 Å². The van der Waals surface area contributed by atoms with Gasteiger partial charge in [-0.3, -0.25) is 4.79 Å². The smallest absolute Gasteiger partial charge is 0.255 e. The van der Waals surface area contributed by atoms with Crippen LogP contribution in [0.5, 0.6) is 11.5 Å². The number of amides is 1. The largest absolute Gasteiger partial charge is 0.506 e. The third-order valence-corrected chi connectivity index (χ3v) is 7.33. The minimum atomic E-state index is -4.08. The molecule has 3 rings (SSSR count). The first kappa shape index (κ1) is 23.6. The van der Waals surface area contributed by atoms with Crippen molar-refractivity contribution in [2.75, 3.05) is 12.4 Å². The fraction of sp³-hybridized carbons (Fsp3) is 0.208. The van der Waals surface area contributed by atoms with Gasteiger partial charge in [0.1, 0.15) is 16.4 Å². The maximum absolute atomic E-state index is 13.5. The summed E-state index contributed by atoms with van der Waals surface area (Å²) in [6, 6.07) is 13.9. The van der Waals surface area contributed by atoms with E-state index in [4.69, 9.17) is 16.3 Å². The molecule has 0 aromatic heterocycles. The summed E-state index contributed by atoms with van der Waals surface area (Å²) in [6.07, 6.45) is 0. The minimum Gasteiger partial charge on any atom is -0.506 e. The molecule has 0 saturated heterocycles. The molecule has 1 amide bonds. The number of halogens is 1. The van der Waals surface area contributed by atoms with E-state index < -0.39 is 15.7 Å². The summed E-state index contributed by atoms with van der Waals surface area (Å²) in [6.45, 7) is 5.22. The summed E-state index contributed by atoms with van der Waals surface area (Å²) < 4.78 is 32.0. The summed E-state index contributed by atoms with van der Waals surface area (Å²) >= 11 is 5.89. The van der Waals surface area contributed by atoms with Crippen molar-refractivity contribution in [1.29, 1.82) is 0 Å². The zero-order chi connectivity index (χ0) is 23.6. The number of aromatic hydroxyl groups is 1. The lowest BCUT2D eigenvalue weighted by molar-refractivity contribution is 0.102. The predicted octanol–water partition coefficient (Wildman–Crippen LogP) is 5.57. The van der Waals surface area contributed by atoms with Crippen LogP contribution in [0.3, 0.4) is 0 Å². The molecule has 32 heavy (non-hydrogen) atoms. The van der Waals surface area contributed by atoms with E-state index in [-0.39, 0.29) is 27.0 Å². The maximum atomic E-state index is 13.5. The second kappa shape index (κ2) is 9.22. The lowest BCUT2D eigenvalue weighted by Gasteiger charge is -2.20. The van der Waals surface area contributed by atoms with Crippen LogP contribution in [-0.2, 0) is 9.84 Å². The fourth-order valence-corrected chi connectivity index (χ4v) is 5.07. The number of phenols is 1. The summed E-state index contributed by atoms with van der Waals surface area (Å²) in [7, 11) is -2.60. The Morgan fingerprint density at radius 1 is 1.06 bits per heavy atom. The number of carbonyl (C=O) groups excluding carboxylic acids is 1. The molecule has 0 radical (unpaired) electrons. The van der Waals surface area contributed by atoms with Crippen molar-refractivity contribution in [1.82, 2.24) is 0 Å².